The summed E-state index contributed by atoms with van der Waals surface area (Å²) >= 11 is 0. The molecule has 1 saturated heterocycles. The predicted octanol–water partition coefficient (Wildman–Crippen LogP) is 3.86. The van der Waals surface area contributed by atoms with Crippen LogP contribution in [-0.4, -0.2) is 46.2 Å². The van der Waals surface area contributed by atoms with Gasteiger partial charge >= 0.3 is 0 Å². The van der Waals surface area contributed by atoms with Crippen LogP contribution in [0.2, 0.25) is 0 Å². The second kappa shape index (κ2) is 10.6. The standard InChI is InChI=1S/C29H32FN7O2/c1-3-8-36-16-21(30)10-23(17-36)39-27-11-25(32-14-19-12-31-13-19)28-33-15-26(37(28)35-27)20-4-7-24(18(2)9-20)29(38)34-22-5-6-22/h4,7,9-11,15-17,19,22,31H,3,5-6,8,12-14H2,1-2H3,(H-,32,34,35,38)/p+1. The van der Waals surface area contributed by atoms with Gasteiger partial charge in [-0.25, -0.2) is 13.9 Å². The minimum absolute atomic E-state index is 0.0409. The van der Waals surface area contributed by atoms with E-state index in [1.807, 2.05) is 38.1 Å². The molecule has 3 aromatic heterocycles. The molecule has 39 heavy (non-hydrogen) atoms. The van der Waals surface area contributed by atoms with Crippen LogP contribution in [0.15, 0.2) is 48.9 Å². The Morgan fingerprint density at radius 3 is 2.79 bits per heavy atom. The second-order valence-electron chi connectivity index (χ2n) is 10.5. The van der Waals surface area contributed by atoms with Gasteiger partial charge in [0.25, 0.3) is 5.91 Å². The Hall–Kier alpha value is -4.05. The van der Waals surface area contributed by atoms with E-state index in [-0.39, 0.29) is 11.7 Å². The summed E-state index contributed by atoms with van der Waals surface area (Å²) in [5.41, 5.74) is 4.64. The maximum absolute atomic E-state index is 14.3. The van der Waals surface area contributed by atoms with E-state index in [1.54, 1.807) is 21.5 Å². The van der Waals surface area contributed by atoms with Crippen molar-refractivity contribution in [2.45, 2.75) is 45.7 Å². The number of pyridine rings is 1. The fraction of sp³-hybridized carbons (Fsp3) is 0.379. The quantitative estimate of drug-likeness (QED) is 0.270. The summed E-state index contributed by atoms with van der Waals surface area (Å²) in [6, 6.07) is 9.21. The minimum atomic E-state index is -0.373. The number of rotatable bonds is 10. The van der Waals surface area contributed by atoms with Crippen molar-refractivity contribution in [3.05, 3.63) is 65.9 Å². The first-order valence-corrected chi connectivity index (χ1v) is 13.6. The molecular formula is C29H33FN7O2+. The van der Waals surface area contributed by atoms with E-state index in [4.69, 9.17) is 9.84 Å². The third kappa shape index (κ3) is 5.56. The highest BCUT2D eigenvalue weighted by Crippen LogP contribution is 2.30. The number of anilines is 1. The molecule has 0 bridgehead atoms. The SMILES string of the molecule is CCC[n+]1cc(F)cc(Oc2cc(NCC3CNC3)c3ncc(-c4ccc(C(=O)NC5CC5)c(C)c4)n3n2)c1. The van der Waals surface area contributed by atoms with Gasteiger partial charge in [-0.15, -0.1) is 5.10 Å². The lowest BCUT2D eigenvalue weighted by atomic mass is 10.0. The van der Waals surface area contributed by atoms with Gasteiger partial charge in [0.15, 0.2) is 17.2 Å². The number of fused-ring (bicyclic) bond motifs is 1. The first-order valence-electron chi connectivity index (χ1n) is 13.6. The van der Waals surface area contributed by atoms with E-state index in [9.17, 15) is 9.18 Å². The molecule has 1 aliphatic carbocycles. The number of imidazole rings is 1. The van der Waals surface area contributed by atoms with Crippen LogP contribution in [0, 0.1) is 18.7 Å². The van der Waals surface area contributed by atoms with E-state index < -0.39 is 0 Å². The lowest BCUT2D eigenvalue weighted by Gasteiger charge is -2.27. The number of benzene rings is 1. The molecule has 1 amide bonds. The van der Waals surface area contributed by atoms with Gasteiger partial charge in [0.05, 0.1) is 17.6 Å². The lowest BCUT2D eigenvalue weighted by molar-refractivity contribution is -0.698. The van der Waals surface area contributed by atoms with E-state index in [0.717, 1.165) is 61.4 Å². The fourth-order valence-electron chi connectivity index (χ4n) is 4.77. The molecule has 9 nitrogen and oxygen atoms in total. The van der Waals surface area contributed by atoms with Crippen molar-refractivity contribution in [1.82, 2.24) is 25.2 Å². The summed E-state index contributed by atoms with van der Waals surface area (Å²) in [5, 5.41) is 14.6. The number of ether oxygens (including phenoxy) is 1. The van der Waals surface area contributed by atoms with Crippen LogP contribution in [0.25, 0.3) is 16.9 Å². The van der Waals surface area contributed by atoms with Gasteiger partial charge in [0.1, 0.15) is 6.54 Å². The lowest BCUT2D eigenvalue weighted by Crippen LogP contribution is -2.45. The molecule has 0 unspecified atom stereocenters. The van der Waals surface area contributed by atoms with Crippen LogP contribution in [-0.2, 0) is 6.54 Å². The van der Waals surface area contributed by atoms with Crippen LogP contribution in [0.3, 0.4) is 0 Å². The molecule has 0 radical (unpaired) electrons. The van der Waals surface area contributed by atoms with E-state index >= 15 is 0 Å². The van der Waals surface area contributed by atoms with Crippen molar-refractivity contribution in [2.24, 2.45) is 5.92 Å². The molecule has 4 heterocycles. The number of amides is 1. The summed E-state index contributed by atoms with van der Waals surface area (Å²) in [4.78, 5) is 17.3. The van der Waals surface area contributed by atoms with Gasteiger partial charge in [0, 0.05) is 61.3 Å². The maximum atomic E-state index is 14.3. The number of carbonyl (C=O) groups excluding carboxylic acids is 1. The highest BCUT2D eigenvalue weighted by molar-refractivity contribution is 5.96. The monoisotopic (exact) mass is 530 g/mol. The van der Waals surface area contributed by atoms with Crippen molar-refractivity contribution in [3.63, 3.8) is 0 Å². The fourth-order valence-corrected chi connectivity index (χ4v) is 4.77. The summed E-state index contributed by atoms with van der Waals surface area (Å²) in [6.07, 6.45) is 7.97. The number of nitrogens with zero attached hydrogens (tertiary/aromatic N) is 4. The molecule has 1 aliphatic heterocycles. The maximum Gasteiger partial charge on any atom is 0.251 e. The van der Waals surface area contributed by atoms with Gasteiger partial charge in [0.2, 0.25) is 18.3 Å². The Balaban J connectivity index is 1.36. The largest absolute Gasteiger partial charge is 0.431 e. The second-order valence-corrected chi connectivity index (χ2v) is 10.5. The third-order valence-corrected chi connectivity index (χ3v) is 7.14. The van der Waals surface area contributed by atoms with Crippen LogP contribution in [0.5, 0.6) is 11.6 Å². The van der Waals surface area contributed by atoms with E-state index in [0.29, 0.717) is 41.3 Å². The molecule has 6 rings (SSSR count). The molecule has 3 N–H and O–H groups in total. The Morgan fingerprint density at radius 1 is 1.23 bits per heavy atom. The van der Waals surface area contributed by atoms with Gasteiger partial charge in [-0.05, 0) is 37.5 Å². The van der Waals surface area contributed by atoms with Crippen LogP contribution < -0.4 is 25.3 Å². The molecule has 1 saturated carbocycles. The first kappa shape index (κ1) is 25.2. The molecule has 4 aromatic rings. The van der Waals surface area contributed by atoms with Gasteiger partial charge in [-0.1, -0.05) is 13.0 Å². The summed E-state index contributed by atoms with van der Waals surface area (Å²) in [5.74, 6) is 0.809. The normalized spacial score (nSPS) is 15.3. The van der Waals surface area contributed by atoms with Gasteiger partial charge in [-0.3, -0.25) is 4.79 Å². The highest BCUT2D eigenvalue weighted by Gasteiger charge is 2.25. The zero-order valence-corrected chi connectivity index (χ0v) is 22.2. The Kier molecular flexibility index (Phi) is 6.86. The number of nitrogens with one attached hydrogen (secondary N) is 3. The predicted molar refractivity (Wildman–Crippen MR) is 145 cm³/mol. The van der Waals surface area contributed by atoms with Crippen molar-refractivity contribution in [2.75, 3.05) is 25.0 Å². The van der Waals surface area contributed by atoms with Crippen molar-refractivity contribution in [3.8, 4) is 22.9 Å². The van der Waals surface area contributed by atoms with Crippen LogP contribution in [0.4, 0.5) is 10.1 Å². The topological polar surface area (TPSA) is 96.5 Å². The third-order valence-electron chi connectivity index (χ3n) is 7.14. The van der Waals surface area contributed by atoms with Crippen molar-refractivity contribution < 1.29 is 18.5 Å². The molecule has 1 aromatic carbocycles. The average molecular weight is 531 g/mol. The van der Waals surface area contributed by atoms with E-state index in [2.05, 4.69) is 20.9 Å². The molecular weight excluding hydrogens is 497 g/mol. The molecule has 0 spiro atoms. The smallest absolute Gasteiger partial charge is 0.251 e. The number of halogens is 1. The van der Waals surface area contributed by atoms with Gasteiger partial charge in [-0.2, -0.15) is 4.57 Å². The molecule has 2 fully saturated rings. The molecule has 0 atom stereocenters. The van der Waals surface area contributed by atoms with Crippen molar-refractivity contribution >= 4 is 17.2 Å². The molecule has 2 aliphatic rings. The van der Waals surface area contributed by atoms with E-state index in [1.165, 1.54) is 12.3 Å². The number of hydrogen-bond acceptors (Lipinski definition) is 6. The Labute approximate surface area is 226 Å². The number of aryl methyl sites for hydroxylation is 2. The summed E-state index contributed by atoms with van der Waals surface area (Å²) in [6.45, 7) is 7.39. The number of hydrogen-bond donors (Lipinski definition) is 3. The zero-order chi connectivity index (χ0) is 26.9. The van der Waals surface area contributed by atoms with Crippen LogP contribution >= 0.6 is 0 Å². The Bertz CT molecular complexity index is 1530. The number of aromatic nitrogens is 4. The molecule has 202 valence electrons. The average Bonchev–Trinajstić information content (AvgIpc) is 3.58. The summed E-state index contributed by atoms with van der Waals surface area (Å²) < 4.78 is 23.9. The highest BCUT2D eigenvalue weighted by atomic mass is 19.1. The zero-order valence-electron chi connectivity index (χ0n) is 22.2. The minimum Gasteiger partial charge on any atom is -0.431 e. The molecule has 10 heteroatoms. The Morgan fingerprint density at radius 2 is 2.08 bits per heavy atom. The van der Waals surface area contributed by atoms with Crippen molar-refractivity contribution in [1.29, 1.82) is 0 Å². The first-order chi connectivity index (χ1) is 19.0. The van der Waals surface area contributed by atoms with Crippen LogP contribution in [0.1, 0.15) is 42.1 Å². The summed E-state index contributed by atoms with van der Waals surface area (Å²) in [7, 11) is 0. The van der Waals surface area contributed by atoms with Gasteiger partial charge < -0.3 is 20.7 Å². The number of carbonyl (C=O) groups is 1.